The number of fused-ring (bicyclic) bond motifs is 2. The largest absolute Gasteiger partial charge is 0.476 e. The van der Waals surface area contributed by atoms with Gasteiger partial charge in [0.25, 0.3) is 11.5 Å². The molecule has 1 atom stereocenters. The summed E-state index contributed by atoms with van der Waals surface area (Å²) in [7, 11) is 3.00. The predicted octanol–water partition coefficient (Wildman–Crippen LogP) is 1.02. The van der Waals surface area contributed by atoms with Crippen molar-refractivity contribution in [3.05, 3.63) is 51.4 Å². The van der Waals surface area contributed by atoms with E-state index < -0.39 is 17.4 Å². The summed E-state index contributed by atoms with van der Waals surface area (Å²) in [5.41, 5.74) is 0.444. The molecular weight excluding hydrogens is 464 g/mol. The molecule has 5 rings (SSSR count). The van der Waals surface area contributed by atoms with Gasteiger partial charge in [-0.2, -0.15) is 0 Å². The van der Waals surface area contributed by atoms with Gasteiger partial charge in [-0.25, -0.2) is 9.78 Å². The third-order valence-corrected chi connectivity index (χ3v) is 7.02. The summed E-state index contributed by atoms with van der Waals surface area (Å²) < 4.78 is 10.1. The zero-order valence-corrected chi connectivity index (χ0v) is 20.6. The molecule has 0 aliphatic carbocycles. The van der Waals surface area contributed by atoms with Crippen LogP contribution in [0.1, 0.15) is 32.1 Å². The zero-order chi connectivity index (χ0) is 25.4. The number of rotatable bonds is 5. The van der Waals surface area contributed by atoms with Crippen molar-refractivity contribution in [3.8, 4) is 5.75 Å². The SMILES string of the molecule is Cn1c(=O)c2c(ncn2CCCC(=O)N2CC(C(=O)N3CCCCC3)Oc3ccccc32)n(C)c1=O. The second-order valence-electron chi connectivity index (χ2n) is 9.38. The van der Waals surface area contributed by atoms with Gasteiger partial charge in [-0.05, 0) is 37.8 Å². The monoisotopic (exact) mass is 494 g/mol. The number of amides is 2. The van der Waals surface area contributed by atoms with E-state index in [1.807, 2.05) is 23.1 Å². The number of anilines is 1. The van der Waals surface area contributed by atoms with E-state index in [1.54, 1.807) is 22.6 Å². The van der Waals surface area contributed by atoms with E-state index in [2.05, 4.69) is 4.98 Å². The Labute approximate surface area is 207 Å². The van der Waals surface area contributed by atoms with Gasteiger partial charge < -0.3 is 19.1 Å². The average Bonchev–Trinajstić information content (AvgIpc) is 3.34. The lowest BCUT2D eigenvalue weighted by Crippen LogP contribution is -2.52. The van der Waals surface area contributed by atoms with Crippen molar-refractivity contribution in [2.75, 3.05) is 24.5 Å². The minimum absolute atomic E-state index is 0.0756. The first-order valence-corrected chi connectivity index (χ1v) is 12.3. The van der Waals surface area contributed by atoms with Gasteiger partial charge in [-0.15, -0.1) is 0 Å². The molecule has 2 aliphatic heterocycles. The number of hydrogen-bond donors (Lipinski definition) is 0. The molecule has 0 saturated carbocycles. The van der Waals surface area contributed by atoms with E-state index in [0.29, 0.717) is 35.6 Å². The molecule has 190 valence electrons. The number of imidazole rings is 1. The smallest absolute Gasteiger partial charge is 0.332 e. The molecule has 1 saturated heterocycles. The van der Waals surface area contributed by atoms with Crippen LogP contribution >= 0.6 is 0 Å². The molecule has 2 amide bonds. The molecule has 2 aromatic heterocycles. The summed E-state index contributed by atoms with van der Waals surface area (Å²) >= 11 is 0. The molecule has 36 heavy (non-hydrogen) atoms. The van der Waals surface area contributed by atoms with E-state index in [1.165, 1.54) is 17.9 Å². The summed E-state index contributed by atoms with van der Waals surface area (Å²) in [5, 5.41) is 0. The Balaban J connectivity index is 1.31. The maximum atomic E-state index is 13.3. The van der Waals surface area contributed by atoms with Crippen molar-refractivity contribution in [3.63, 3.8) is 0 Å². The van der Waals surface area contributed by atoms with Gasteiger partial charge in [0.05, 0.1) is 18.6 Å². The maximum Gasteiger partial charge on any atom is 0.332 e. The summed E-state index contributed by atoms with van der Waals surface area (Å²) in [4.78, 5) is 59.0. The fourth-order valence-electron chi connectivity index (χ4n) is 5.02. The molecule has 0 bridgehead atoms. The van der Waals surface area contributed by atoms with Crippen LogP contribution in [-0.4, -0.2) is 61.1 Å². The highest BCUT2D eigenvalue weighted by molar-refractivity contribution is 5.97. The number of piperidine rings is 1. The minimum Gasteiger partial charge on any atom is -0.476 e. The Morgan fingerprint density at radius 1 is 1.06 bits per heavy atom. The van der Waals surface area contributed by atoms with E-state index in [0.717, 1.165) is 36.9 Å². The van der Waals surface area contributed by atoms with E-state index in [9.17, 15) is 19.2 Å². The minimum atomic E-state index is -0.733. The van der Waals surface area contributed by atoms with Crippen LogP contribution < -0.4 is 20.9 Å². The summed E-state index contributed by atoms with van der Waals surface area (Å²) in [6, 6.07) is 7.27. The predicted molar refractivity (Wildman–Crippen MR) is 133 cm³/mol. The van der Waals surface area contributed by atoms with Gasteiger partial charge in [-0.3, -0.25) is 23.5 Å². The van der Waals surface area contributed by atoms with Crippen LogP contribution in [0.4, 0.5) is 5.69 Å². The van der Waals surface area contributed by atoms with E-state index in [4.69, 9.17) is 4.74 Å². The number of aryl methyl sites for hydroxylation is 2. The van der Waals surface area contributed by atoms with Crippen molar-refractivity contribution >= 4 is 28.7 Å². The van der Waals surface area contributed by atoms with Crippen LogP contribution in [-0.2, 0) is 30.2 Å². The molecule has 4 heterocycles. The Morgan fingerprint density at radius 3 is 2.58 bits per heavy atom. The number of hydrogen-bond acceptors (Lipinski definition) is 6. The first kappa shape index (κ1) is 23.8. The van der Waals surface area contributed by atoms with Crippen LogP contribution in [0.25, 0.3) is 11.2 Å². The van der Waals surface area contributed by atoms with Gasteiger partial charge >= 0.3 is 5.69 Å². The van der Waals surface area contributed by atoms with Crippen molar-refractivity contribution < 1.29 is 14.3 Å². The highest BCUT2D eigenvalue weighted by atomic mass is 16.5. The third-order valence-electron chi connectivity index (χ3n) is 7.02. The van der Waals surface area contributed by atoms with Crippen molar-refractivity contribution in [2.24, 2.45) is 14.1 Å². The fraction of sp³-hybridized carbons (Fsp3) is 0.480. The molecule has 11 heteroatoms. The van der Waals surface area contributed by atoms with Crippen LogP contribution in [0, 0.1) is 0 Å². The first-order valence-electron chi connectivity index (χ1n) is 12.3. The maximum absolute atomic E-state index is 13.3. The topological polar surface area (TPSA) is 112 Å². The normalized spacial score (nSPS) is 17.7. The molecule has 0 N–H and O–H groups in total. The van der Waals surface area contributed by atoms with Crippen molar-refractivity contribution in [2.45, 2.75) is 44.8 Å². The zero-order valence-electron chi connectivity index (χ0n) is 20.6. The van der Waals surface area contributed by atoms with E-state index >= 15 is 0 Å². The molecule has 11 nitrogen and oxygen atoms in total. The number of para-hydroxylation sites is 2. The van der Waals surface area contributed by atoms with Crippen molar-refractivity contribution in [1.29, 1.82) is 0 Å². The van der Waals surface area contributed by atoms with Gasteiger partial charge in [0, 0.05) is 40.2 Å². The molecule has 1 fully saturated rings. The second kappa shape index (κ2) is 9.63. The quantitative estimate of drug-likeness (QED) is 0.524. The van der Waals surface area contributed by atoms with Gasteiger partial charge in [0.1, 0.15) is 5.75 Å². The summed E-state index contributed by atoms with van der Waals surface area (Å²) in [6.45, 7) is 2.00. The Morgan fingerprint density at radius 2 is 1.81 bits per heavy atom. The van der Waals surface area contributed by atoms with Crippen LogP contribution in [0.2, 0.25) is 0 Å². The Bertz CT molecular complexity index is 1430. The number of nitrogens with zero attached hydrogens (tertiary/aromatic N) is 6. The fourth-order valence-corrected chi connectivity index (χ4v) is 5.02. The number of carbonyl (C=O) groups excluding carboxylic acids is 2. The van der Waals surface area contributed by atoms with Crippen LogP contribution in [0.15, 0.2) is 40.2 Å². The molecule has 0 spiro atoms. The molecule has 2 aliphatic rings. The number of aromatic nitrogens is 4. The molecular formula is C25H30N6O5. The highest BCUT2D eigenvalue weighted by Gasteiger charge is 2.36. The molecule has 3 aromatic rings. The number of carbonyl (C=O) groups is 2. The number of ether oxygens (including phenoxy) is 1. The van der Waals surface area contributed by atoms with Crippen LogP contribution in [0.5, 0.6) is 5.75 Å². The van der Waals surface area contributed by atoms with Crippen LogP contribution in [0.3, 0.4) is 0 Å². The lowest BCUT2D eigenvalue weighted by Gasteiger charge is -2.37. The Hall–Kier alpha value is -3.89. The third kappa shape index (κ3) is 4.18. The first-order chi connectivity index (χ1) is 17.4. The van der Waals surface area contributed by atoms with Gasteiger partial charge in [0.2, 0.25) is 5.91 Å². The highest BCUT2D eigenvalue weighted by Crippen LogP contribution is 2.34. The standard InChI is InChI=1S/C25H30N6O5/c1-27-22-21(24(34)28(2)25(27)35)30(16-26-22)14-8-11-20(32)31-15-19(23(33)29-12-6-3-7-13-29)36-18-10-5-4-9-17(18)31/h4-5,9-10,16,19H,3,6-8,11-15H2,1-2H3. The van der Waals surface area contributed by atoms with Gasteiger partial charge in [0.15, 0.2) is 17.3 Å². The van der Waals surface area contributed by atoms with E-state index in [-0.39, 0.29) is 24.8 Å². The molecule has 1 unspecified atom stereocenters. The lowest BCUT2D eigenvalue weighted by atomic mass is 10.1. The lowest BCUT2D eigenvalue weighted by molar-refractivity contribution is -0.139. The molecule has 0 radical (unpaired) electrons. The molecule has 1 aromatic carbocycles. The second-order valence-corrected chi connectivity index (χ2v) is 9.38. The van der Waals surface area contributed by atoms with Gasteiger partial charge in [-0.1, -0.05) is 12.1 Å². The number of benzene rings is 1. The average molecular weight is 495 g/mol. The Kier molecular flexibility index (Phi) is 6.38. The number of likely N-dealkylation sites (tertiary alicyclic amines) is 1. The van der Waals surface area contributed by atoms with Crippen molar-refractivity contribution in [1.82, 2.24) is 23.6 Å². The summed E-state index contributed by atoms with van der Waals surface area (Å²) in [6.07, 6.45) is 4.55. The summed E-state index contributed by atoms with van der Waals surface area (Å²) in [5.74, 6) is 0.331.